The van der Waals surface area contributed by atoms with Gasteiger partial charge in [-0.3, -0.25) is 9.10 Å². The smallest absolute Gasteiger partial charge is 0.420 e. The van der Waals surface area contributed by atoms with Crippen molar-refractivity contribution in [3.05, 3.63) is 28.7 Å². The van der Waals surface area contributed by atoms with Crippen LogP contribution in [-0.2, 0) is 4.74 Å². The molecule has 0 aliphatic heterocycles. The van der Waals surface area contributed by atoms with E-state index in [1.807, 2.05) is 0 Å². The minimum Gasteiger partial charge on any atom is -0.443 e. The number of aromatic amines is 1. The normalized spacial score (nSPS) is 11.1. The number of rotatable bonds is 2. The van der Waals surface area contributed by atoms with Gasteiger partial charge in [0.05, 0.1) is 0 Å². The van der Waals surface area contributed by atoms with Gasteiger partial charge < -0.3 is 9.72 Å². The Kier molecular flexibility index (Phi) is 4.22. The molecule has 1 amide bonds. The van der Waals surface area contributed by atoms with E-state index >= 15 is 0 Å². The Labute approximate surface area is 104 Å². The van der Waals surface area contributed by atoms with Crippen molar-refractivity contribution in [1.82, 2.24) is 9.29 Å². The van der Waals surface area contributed by atoms with E-state index < -0.39 is 11.7 Å². The first-order valence-corrected chi connectivity index (χ1v) is 5.89. The fraction of sp³-hybridized carbons (Fsp3) is 0.455. The van der Waals surface area contributed by atoms with E-state index in [0.717, 1.165) is 11.9 Å². The molecule has 0 atom stereocenters. The SMILES string of the molecule is CN(Sc1cc[nH]c(=O)c1)C(=O)OC(C)(C)C. The zero-order valence-electron chi connectivity index (χ0n) is 10.3. The standard InChI is InChI=1S/C11H16N2O3S/c1-11(2,3)16-10(15)13(4)17-8-5-6-12-9(14)7-8/h5-7H,1-4H3,(H,12,14). The number of nitrogens with one attached hydrogen (secondary N) is 1. The molecular formula is C11H16N2O3S. The summed E-state index contributed by atoms with van der Waals surface area (Å²) in [4.78, 5) is 25.9. The average Bonchev–Trinajstić information content (AvgIpc) is 2.14. The van der Waals surface area contributed by atoms with Crippen LogP contribution in [0.1, 0.15) is 20.8 Å². The number of carbonyl (C=O) groups is 1. The molecule has 0 spiro atoms. The Morgan fingerprint density at radius 2 is 2.12 bits per heavy atom. The molecule has 0 fully saturated rings. The summed E-state index contributed by atoms with van der Waals surface area (Å²) in [6, 6.07) is 3.14. The maximum absolute atomic E-state index is 11.6. The molecule has 1 N–H and O–H groups in total. The molecule has 17 heavy (non-hydrogen) atoms. The number of pyridine rings is 1. The van der Waals surface area contributed by atoms with E-state index in [1.165, 1.54) is 16.6 Å². The van der Waals surface area contributed by atoms with E-state index in [4.69, 9.17) is 4.74 Å². The van der Waals surface area contributed by atoms with Gasteiger partial charge in [0.1, 0.15) is 5.60 Å². The summed E-state index contributed by atoms with van der Waals surface area (Å²) in [5, 5.41) is 0. The van der Waals surface area contributed by atoms with Crippen molar-refractivity contribution in [3.8, 4) is 0 Å². The highest BCUT2D eigenvalue weighted by molar-refractivity contribution is 7.97. The van der Waals surface area contributed by atoms with Gasteiger partial charge in [0.2, 0.25) is 5.56 Å². The van der Waals surface area contributed by atoms with E-state index in [-0.39, 0.29) is 5.56 Å². The monoisotopic (exact) mass is 256 g/mol. The lowest BCUT2D eigenvalue weighted by Gasteiger charge is -2.23. The Hall–Kier alpha value is -1.43. The largest absolute Gasteiger partial charge is 0.443 e. The number of hydrogen-bond donors (Lipinski definition) is 1. The molecule has 0 bridgehead atoms. The predicted octanol–water partition coefficient (Wildman–Crippen LogP) is 2.25. The third kappa shape index (κ3) is 4.95. The molecule has 0 unspecified atom stereocenters. The molecule has 5 nitrogen and oxygen atoms in total. The quantitative estimate of drug-likeness (QED) is 0.824. The van der Waals surface area contributed by atoms with E-state index in [2.05, 4.69) is 4.98 Å². The molecule has 1 aromatic rings. The summed E-state index contributed by atoms with van der Waals surface area (Å²) >= 11 is 1.15. The number of ether oxygens (including phenoxy) is 1. The van der Waals surface area contributed by atoms with Crippen molar-refractivity contribution < 1.29 is 9.53 Å². The summed E-state index contributed by atoms with van der Waals surface area (Å²) in [6.45, 7) is 5.41. The lowest BCUT2D eigenvalue weighted by atomic mass is 10.2. The fourth-order valence-electron chi connectivity index (χ4n) is 1.00. The summed E-state index contributed by atoms with van der Waals surface area (Å²) in [5.74, 6) is 0. The van der Waals surface area contributed by atoms with Crippen molar-refractivity contribution in [2.45, 2.75) is 31.3 Å². The lowest BCUT2D eigenvalue weighted by molar-refractivity contribution is 0.0432. The van der Waals surface area contributed by atoms with Crippen LogP contribution in [0.5, 0.6) is 0 Å². The second kappa shape index (κ2) is 5.27. The molecule has 1 rings (SSSR count). The van der Waals surface area contributed by atoms with Crippen molar-refractivity contribution in [2.24, 2.45) is 0 Å². The molecule has 6 heteroatoms. The van der Waals surface area contributed by atoms with Gasteiger partial charge in [0, 0.05) is 24.2 Å². The van der Waals surface area contributed by atoms with Crippen LogP contribution in [0, 0.1) is 0 Å². The number of carbonyl (C=O) groups excluding carboxylic acids is 1. The molecule has 0 aliphatic rings. The Morgan fingerprint density at radius 1 is 1.47 bits per heavy atom. The summed E-state index contributed by atoms with van der Waals surface area (Å²) in [6.07, 6.45) is 1.09. The Morgan fingerprint density at radius 3 is 2.65 bits per heavy atom. The second-order valence-electron chi connectivity index (χ2n) is 4.46. The Bertz CT molecular complexity index is 451. The molecule has 0 aromatic carbocycles. The van der Waals surface area contributed by atoms with Crippen LogP contribution in [0.25, 0.3) is 0 Å². The maximum atomic E-state index is 11.6. The molecule has 94 valence electrons. The van der Waals surface area contributed by atoms with Crippen LogP contribution in [0.4, 0.5) is 4.79 Å². The minimum absolute atomic E-state index is 0.201. The number of amides is 1. The van der Waals surface area contributed by atoms with Crippen LogP contribution < -0.4 is 5.56 Å². The highest BCUT2D eigenvalue weighted by Crippen LogP contribution is 2.21. The average molecular weight is 256 g/mol. The first kappa shape index (κ1) is 13.6. The summed E-state index contributed by atoms with van der Waals surface area (Å²) in [7, 11) is 1.60. The summed E-state index contributed by atoms with van der Waals surface area (Å²) < 4.78 is 6.53. The molecule has 0 aliphatic carbocycles. The van der Waals surface area contributed by atoms with Crippen LogP contribution >= 0.6 is 11.9 Å². The van der Waals surface area contributed by atoms with Crippen LogP contribution in [-0.4, -0.2) is 28.0 Å². The molecule has 0 saturated carbocycles. The molecule has 0 radical (unpaired) electrons. The van der Waals surface area contributed by atoms with Crippen molar-refractivity contribution in [2.75, 3.05) is 7.05 Å². The number of hydrogen-bond acceptors (Lipinski definition) is 4. The maximum Gasteiger partial charge on any atom is 0.420 e. The number of H-pyrrole nitrogens is 1. The van der Waals surface area contributed by atoms with Gasteiger partial charge in [-0.25, -0.2) is 4.79 Å². The third-order valence-electron chi connectivity index (χ3n) is 1.64. The topological polar surface area (TPSA) is 62.4 Å². The number of aromatic nitrogens is 1. The lowest BCUT2D eigenvalue weighted by Crippen LogP contribution is -2.30. The summed E-state index contributed by atoms with van der Waals surface area (Å²) in [5.41, 5.74) is -0.729. The number of nitrogens with zero attached hydrogens (tertiary/aromatic N) is 1. The fourth-order valence-corrected chi connectivity index (χ4v) is 1.72. The zero-order chi connectivity index (χ0) is 13.1. The molecule has 1 aromatic heterocycles. The van der Waals surface area contributed by atoms with Crippen molar-refractivity contribution in [3.63, 3.8) is 0 Å². The Balaban J connectivity index is 2.63. The van der Waals surface area contributed by atoms with Crippen LogP contribution in [0.3, 0.4) is 0 Å². The second-order valence-corrected chi connectivity index (χ2v) is 5.66. The highest BCUT2D eigenvalue weighted by atomic mass is 32.2. The predicted molar refractivity (Wildman–Crippen MR) is 66.9 cm³/mol. The van der Waals surface area contributed by atoms with Crippen LogP contribution in [0.15, 0.2) is 28.0 Å². The van der Waals surface area contributed by atoms with Crippen molar-refractivity contribution in [1.29, 1.82) is 0 Å². The first-order valence-electron chi connectivity index (χ1n) is 5.11. The van der Waals surface area contributed by atoms with Crippen LogP contribution in [0.2, 0.25) is 0 Å². The van der Waals surface area contributed by atoms with Gasteiger partial charge in [0.15, 0.2) is 0 Å². The van der Waals surface area contributed by atoms with E-state index in [9.17, 15) is 9.59 Å². The first-order chi connectivity index (χ1) is 7.78. The van der Waals surface area contributed by atoms with Gasteiger partial charge in [-0.1, -0.05) is 0 Å². The van der Waals surface area contributed by atoms with Gasteiger partial charge in [0.25, 0.3) is 0 Å². The van der Waals surface area contributed by atoms with E-state index in [0.29, 0.717) is 4.90 Å². The third-order valence-corrected chi connectivity index (χ3v) is 2.53. The van der Waals surface area contributed by atoms with Gasteiger partial charge >= 0.3 is 6.09 Å². The minimum atomic E-state index is -0.528. The molecular weight excluding hydrogens is 240 g/mol. The van der Waals surface area contributed by atoms with Crippen molar-refractivity contribution >= 4 is 18.0 Å². The highest BCUT2D eigenvalue weighted by Gasteiger charge is 2.20. The molecule has 1 heterocycles. The van der Waals surface area contributed by atoms with Gasteiger partial charge in [-0.05, 0) is 38.8 Å². The molecule has 0 saturated heterocycles. The van der Waals surface area contributed by atoms with Gasteiger partial charge in [-0.15, -0.1) is 0 Å². The van der Waals surface area contributed by atoms with E-state index in [1.54, 1.807) is 33.9 Å². The zero-order valence-corrected chi connectivity index (χ0v) is 11.1. The van der Waals surface area contributed by atoms with Gasteiger partial charge in [-0.2, -0.15) is 0 Å².